The zero-order valence-electron chi connectivity index (χ0n) is 66.4. The summed E-state index contributed by atoms with van der Waals surface area (Å²) in [6.07, 6.45) is 106. The van der Waals surface area contributed by atoms with E-state index in [2.05, 4.69) is 86.8 Å². The molecule has 0 spiro atoms. The van der Waals surface area contributed by atoms with Crippen molar-refractivity contribution in [2.45, 2.75) is 437 Å². The number of hydrogen-bond acceptors (Lipinski definition) is 8. The number of rotatable bonds is 81. The van der Waals surface area contributed by atoms with Crippen LogP contribution in [0.1, 0.15) is 425 Å². The monoisotopic (exact) mass is 1390 g/mol. The number of aliphatic carboxylic acids is 1. The molecule has 0 N–H and O–H groups in total. The van der Waals surface area contributed by atoms with Crippen LogP contribution >= 0.6 is 0 Å². The molecule has 0 aliphatic heterocycles. The van der Waals surface area contributed by atoms with Crippen LogP contribution in [0.4, 0.5) is 0 Å². The second kappa shape index (κ2) is 80.4. The first-order valence-electron chi connectivity index (χ1n) is 43.1. The van der Waals surface area contributed by atoms with Gasteiger partial charge in [-0.25, -0.2) is 0 Å². The van der Waals surface area contributed by atoms with Gasteiger partial charge >= 0.3 is 11.9 Å². The Hall–Kier alpha value is -3.27. The summed E-state index contributed by atoms with van der Waals surface area (Å²) < 4.78 is 22.9. The summed E-state index contributed by atoms with van der Waals surface area (Å²) in [6, 6.07) is 0. The largest absolute Gasteiger partial charge is 0.545 e. The van der Waals surface area contributed by atoms with Gasteiger partial charge in [0.15, 0.2) is 12.4 Å². The van der Waals surface area contributed by atoms with E-state index in [1.807, 2.05) is 21.1 Å². The Bertz CT molecular complexity index is 1860. The second-order valence-electron chi connectivity index (χ2n) is 30.5. The van der Waals surface area contributed by atoms with Gasteiger partial charge in [-0.2, -0.15) is 0 Å². The van der Waals surface area contributed by atoms with Crippen LogP contribution in [0, 0.1) is 0 Å². The third-order valence-electron chi connectivity index (χ3n) is 19.5. The van der Waals surface area contributed by atoms with Gasteiger partial charge in [0.2, 0.25) is 0 Å². The summed E-state index contributed by atoms with van der Waals surface area (Å²) in [5.74, 6) is -2.25. The molecule has 0 saturated heterocycles. The van der Waals surface area contributed by atoms with Gasteiger partial charge in [0.1, 0.15) is 13.2 Å². The molecule has 0 bridgehead atoms. The van der Waals surface area contributed by atoms with Crippen LogP contribution in [-0.4, -0.2) is 82.3 Å². The van der Waals surface area contributed by atoms with E-state index in [-0.39, 0.29) is 32.2 Å². The molecule has 0 rings (SSSR count). The molecule has 0 aliphatic carbocycles. The summed E-state index contributed by atoms with van der Waals surface area (Å²) in [5.41, 5.74) is 0. The van der Waals surface area contributed by atoms with E-state index in [1.54, 1.807) is 0 Å². The number of esters is 2. The Labute approximate surface area is 615 Å². The SMILES string of the molecule is CC/C=C\C/C=C\C/C=C\C/C=C\C/C=C\C/C=C\CCCCCCCCCCCCCCCCCCCCCCCCC(=O)OC(COC(=O)CCCCCCCCCCCCCCCCCCCCCCCCCCCCCCCCCCC)COC(OCC[N+](C)(C)C)C(=O)[O-]. The van der Waals surface area contributed by atoms with E-state index in [4.69, 9.17) is 18.9 Å². The minimum Gasteiger partial charge on any atom is -0.545 e. The predicted molar refractivity (Wildman–Crippen MR) is 426 cm³/mol. The van der Waals surface area contributed by atoms with Gasteiger partial charge in [-0.1, -0.05) is 421 Å². The zero-order chi connectivity index (χ0) is 71.8. The van der Waals surface area contributed by atoms with Crippen LogP contribution < -0.4 is 5.11 Å². The van der Waals surface area contributed by atoms with Crippen LogP contribution in [-0.2, 0) is 33.3 Å². The maximum Gasteiger partial charge on any atom is 0.306 e. The Balaban J connectivity index is 3.93. The number of carboxylic acids is 1. The molecule has 9 heteroatoms. The molecule has 2 atom stereocenters. The van der Waals surface area contributed by atoms with E-state index < -0.39 is 24.3 Å². The summed E-state index contributed by atoms with van der Waals surface area (Å²) in [7, 11) is 5.95. The molecule has 0 aliphatic rings. The van der Waals surface area contributed by atoms with Gasteiger partial charge in [-0.15, -0.1) is 0 Å². The maximum atomic E-state index is 13.0. The maximum absolute atomic E-state index is 13.0. The van der Waals surface area contributed by atoms with Gasteiger partial charge < -0.3 is 33.3 Å². The lowest BCUT2D eigenvalue weighted by Crippen LogP contribution is -2.44. The fourth-order valence-corrected chi connectivity index (χ4v) is 13.0. The molecule has 578 valence electrons. The zero-order valence-corrected chi connectivity index (χ0v) is 66.4. The van der Waals surface area contributed by atoms with E-state index in [1.165, 1.54) is 321 Å². The normalized spacial score (nSPS) is 12.9. The number of unbranched alkanes of at least 4 members (excludes halogenated alkanes) is 54. The predicted octanol–water partition coefficient (Wildman–Crippen LogP) is 26.6. The first-order chi connectivity index (χ1) is 48.6. The molecule has 0 amide bonds. The summed E-state index contributed by atoms with van der Waals surface area (Å²) >= 11 is 0. The molecule has 0 heterocycles. The second-order valence-corrected chi connectivity index (χ2v) is 30.5. The number of carbonyl (C=O) groups is 3. The van der Waals surface area contributed by atoms with Crippen molar-refractivity contribution < 1.29 is 42.9 Å². The number of quaternary nitrogens is 1. The highest BCUT2D eigenvalue weighted by Gasteiger charge is 2.22. The van der Waals surface area contributed by atoms with Crippen molar-refractivity contribution in [3.8, 4) is 0 Å². The van der Waals surface area contributed by atoms with Crippen molar-refractivity contribution in [3.05, 3.63) is 72.9 Å². The topological polar surface area (TPSA) is 111 Å². The van der Waals surface area contributed by atoms with Crippen LogP contribution in [0.5, 0.6) is 0 Å². The van der Waals surface area contributed by atoms with E-state index in [0.29, 0.717) is 17.4 Å². The number of ether oxygens (including phenoxy) is 4. The minimum absolute atomic E-state index is 0.150. The molecule has 2 unspecified atom stereocenters. The van der Waals surface area contributed by atoms with E-state index in [9.17, 15) is 19.5 Å². The molecule has 99 heavy (non-hydrogen) atoms. The lowest BCUT2D eigenvalue weighted by Gasteiger charge is -2.26. The van der Waals surface area contributed by atoms with Crippen molar-refractivity contribution in [3.63, 3.8) is 0 Å². The Morgan fingerprint density at radius 3 is 0.859 bits per heavy atom. The van der Waals surface area contributed by atoms with E-state index in [0.717, 1.165) is 77.0 Å². The highest BCUT2D eigenvalue weighted by atomic mass is 16.7. The summed E-state index contributed by atoms with van der Waals surface area (Å²) in [6.45, 7) is 4.71. The average Bonchev–Trinajstić information content (AvgIpc) is 2.62. The molecule has 0 fully saturated rings. The van der Waals surface area contributed by atoms with Crippen LogP contribution in [0.15, 0.2) is 72.9 Å². The van der Waals surface area contributed by atoms with Crippen molar-refractivity contribution in [2.24, 2.45) is 0 Å². The number of allylic oxidation sites excluding steroid dienone is 12. The Morgan fingerprint density at radius 2 is 0.576 bits per heavy atom. The van der Waals surface area contributed by atoms with E-state index >= 15 is 0 Å². The van der Waals surface area contributed by atoms with Gasteiger partial charge in [-0.05, 0) is 64.2 Å². The van der Waals surface area contributed by atoms with Crippen molar-refractivity contribution >= 4 is 17.9 Å². The molecule has 9 nitrogen and oxygen atoms in total. The van der Waals surface area contributed by atoms with Crippen molar-refractivity contribution in [1.29, 1.82) is 0 Å². The fraction of sp³-hybridized carbons (Fsp3) is 0.833. The number of hydrogen-bond donors (Lipinski definition) is 0. The molecule has 0 aromatic heterocycles. The molecular formula is C90H165NO8. The Morgan fingerprint density at radius 1 is 0.313 bits per heavy atom. The molecule has 0 saturated carbocycles. The smallest absolute Gasteiger partial charge is 0.306 e. The molecule has 0 radical (unpaired) electrons. The molecule has 0 aromatic rings. The number of carbonyl (C=O) groups excluding carboxylic acids is 3. The van der Waals surface area contributed by atoms with Gasteiger partial charge in [0, 0.05) is 12.8 Å². The van der Waals surface area contributed by atoms with Crippen LogP contribution in [0.3, 0.4) is 0 Å². The van der Waals surface area contributed by atoms with Crippen molar-refractivity contribution in [2.75, 3.05) is 47.5 Å². The highest BCUT2D eigenvalue weighted by molar-refractivity contribution is 5.70. The number of nitrogens with zero attached hydrogens (tertiary/aromatic N) is 1. The molecule has 0 aromatic carbocycles. The lowest BCUT2D eigenvalue weighted by molar-refractivity contribution is -0.870. The summed E-state index contributed by atoms with van der Waals surface area (Å²) in [4.78, 5) is 37.7. The minimum atomic E-state index is -1.62. The van der Waals surface area contributed by atoms with Crippen LogP contribution in [0.2, 0.25) is 0 Å². The highest BCUT2D eigenvalue weighted by Crippen LogP contribution is 2.20. The van der Waals surface area contributed by atoms with Crippen molar-refractivity contribution in [1.82, 2.24) is 0 Å². The standard InChI is InChI=1S/C90H165NO8/c1-6-8-10-12-14-16-18-20-22-24-26-28-30-32-34-36-38-40-41-42-43-44-45-46-47-49-51-53-55-57-59-61-63-65-67-69-71-73-75-77-79-81-88(93)99-86(85-98-90(89(94)95)96-83-82-91(3,4)5)84-97-87(92)80-78-76-74-72-70-68-66-64-62-60-58-56-54-52-50-48-39-37-35-33-31-29-27-25-23-21-19-17-15-13-11-9-7-2/h8,10,14,16,20,22,26,28,32,34,38,40,86,90H,6-7,9,11-13,15,17-19,21,23-25,27,29-31,33,35-37,39,41-85H2,1-5H3/b10-8-,16-14-,22-20-,28-26-,34-32-,40-38-. The van der Waals surface area contributed by atoms with Gasteiger partial charge in [0.25, 0.3) is 0 Å². The quantitative estimate of drug-likeness (QED) is 0.0195. The average molecular weight is 1390 g/mol. The molecular weight excluding hydrogens is 1220 g/mol. The van der Waals surface area contributed by atoms with Crippen LogP contribution in [0.25, 0.3) is 0 Å². The third-order valence-corrected chi connectivity index (χ3v) is 19.5. The Kier molecular flexibility index (Phi) is 77.8. The van der Waals surface area contributed by atoms with Gasteiger partial charge in [-0.3, -0.25) is 9.59 Å². The number of likely N-dealkylation sites (N-methyl/N-ethyl adjacent to an activating group) is 1. The third kappa shape index (κ3) is 81.9. The number of carboxylic acid groups (broad SMARTS) is 1. The summed E-state index contributed by atoms with van der Waals surface area (Å²) in [5, 5.41) is 11.9. The van der Waals surface area contributed by atoms with Gasteiger partial charge in [0.05, 0.1) is 40.3 Å². The lowest BCUT2D eigenvalue weighted by atomic mass is 10.0. The first kappa shape index (κ1) is 95.7. The fourth-order valence-electron chi connectivity index (χ4n) is 13.0. The first-order valence-corrected chi connectivity index (χ1v) is 43.1.